The molecule has 0 aromatic heterocycles. The maximum Gasteiger partial charge on any atom is 0.220 e. The predicted octanol–water partition coefficient (Wildman–Crippen LogP) is 14.1. The minimum Gasteiger partial charge on any atom is -0.394 e. The summed E-state index contributed by atoms with van der Waals surface area (Å²) >= 11 is 0. The highest BCUT2D eigenvalue weighted by molar-refractivity contribution is 5.76. The van der Waals surface area contributed by atoms with Gasteiger partial charge in [-0.15, -0.1) is 0 Å². The minimum absolute atomic E-state index is 0.135. The third-order valence-corrected chi connectivity index (χ3v) is 13.7. The first kappa shape index (κ1) is 64.2. The molecule has 7 unspecified atom stereocenters. The number of nitrogens with one attached hydrogen (secondary N) is 1. The molecule has 0 saturated carbocycles. The second kappa shape index (κ2) is 48.8. The van der Waals surface area contributed by atoms with Crippen LogP contribution in [0.2, 0.25) is 0 Å². The van der Waals surface area contributed by atoms with Crippen molar-refractivity contribution in [2.24, 2.45) is 0 Å². The third kappa shape index (κ3) is 37.9. The zero-order chi connectivity index (χ0) is 49.4. The van der Waals surface area contributed by atoms with Crippen molar-refractivity contribution in [2.75, 3.05) is 13.2 Å². The van der Waals surface area contributed by atoms with Gasteiger partial charge in [-0.2, -0.15) is 0 Å². The number of hydrogen-bond acceptors (Lipinski definition) is 8. The van der Waals surface area contributed by atoms with Crippen molar-refractivity contribution in [3.8, 4) is 0 Å². The lowest BCUT2D eigenvalue weighted by atomic mass is 9.99. The van der Waals surface area contributed by atoms with Crippen LogP contribution in [0.5, 0.6) is 0 Å². The first-order valence-electron chi connectivity index (χ1n) is 28.8. The van der Waals surface area contributed by atoms with Gasteiger partial charge < -0.3 is 40.3 Å². The van der Waals surface area contributed by atoms with Gasteiger partial charge in [-0.05, 0) is 51.4 Å². The van der Waals surface area contributed by atoms with Crippen LogP contribution in [0.3, 0.4) is 0 Å². The van der Waals surface area contributed by atoms with Gasteiger partial charge in [0.1, 0.15) is 24.4 Å². The largest absolute Gasteiger partial charge is 0.394 e. The van der Waals surface area contributed by atoms with Gasteiger partial charge in [0.15, 0.2) is 6.29 Å². The summed E-state index contributed by atoms with van der Waals surface area (Å²) in [6, 6.07) is -0.717. The number of aliphatic hydroxyl groups is 5. The highest BCUT2D eigenvalue weighted by Gasteiger charge is 2.44. The molecule has 1 fully saturated rings. The number of unbranched alkanes of at least 4 members (excludes halogenated alkanes) is 31. The highest BCUT2D eigenvalue weighted by atomic mass is 16.7. The Labute approximate surface area is 418 Å². The van der Waals surface area contributed by atoms with Crippen molar-refractivity contribution in [2.45, 2.75) is 307 Å². The maximum absolute atomic E-state index is 13.0. The zero-order valence-electron chi connectivity index (χ0n) is 44.1. The summed E-state index contributed by atoms with van der Waals surface area (Å²) < 4.78 is 11.3. The fourth-order valence-corrected chi connectivity index (χ4v) is 9.15. The lowest BCUT2D eigenvalue weighted by Gasteiger charge is -2.40. The topological polar surface area (TPSA) is 149 Å². The van der Waals surface area contributed by atoms with E-state index in [4.69, 9.17) is 9.47 Å². The first-order valence-corrected chi connectivity index (χ1v) is 28.8. The van der Waals surface area contributed by atoms with E-state index in [1.165, 1.54) is 173 Å². The second-order valence-corrected chi connectivity index (χ2v) is 20.1. The Balaban J connectivity index is 2.09. The van der Waals surface area contributed by atoms with E-state index >= 15 is 0 Å². The Morgan fingerprint density at radius 2 is 0.912 bits per heavy atom. The molecule has 9 nitrogen and oxygen atoms in total. The Morgan fingerprint density at radius 3 is 1.35 bits per heavy atom. The minimum atomic E-state index is -1.55. The summed E-state index contributed by atoms with van der Waals surface area (Å²) in [5.41, 5.74) is 0. The van der Waals surface area contributed by atoms with E-state index in [1.807, 2.05) is 0 Å². The van der Waals surface area contributed by atoms with Crippen LogP contribution in [-0.2, 0) is 14.3 Å². The van der Waals surface area contributed by atoms with Crippen molar-refractivity contribution in [3.63, 3.8) is 0 Å². The molecule has 1 amide bonds. The van der Waals surface area contributed by atoms with E-state index < -0.39 is 49.5 Å². The predicted molar refractivity (Wildman–Crippen MR) is 286 cm³/mol. The number of aliphatic hydroxyl groups excluding tert-OH is 5. The number of ether oxygens (including phenoxy) is 2. The molecular formula is C59H109NO8. The van der Waals surface area contributed by atoms with Crippen molar-refractivity contribution < 1.29 is 39.8 Å². The molecule has 0 aromatic carbocycles. The molecule has 0 aliphatic carbocycles. The van der Waals surface area contributed by atoms with Crippen LogP contribution < -0.4 is 5.32 Å². The molecule has 0 aromatic rings. The molecule has 1 rings (SSSR count). The molecule has 9 heteroatoms. The quantitative estimate of drug-likeness (QED) is 0.0261. The number of allylic oxidation sites excluding steroid dienone is 8. The molecule has 1 saturated heterocycles. The van der Waals surface area contributed by atoms with Crippen LogP contribution in [0.25, 0.3) is 0 Å². The Morgan fingerprint density at radius 1 is 0.515 bits per heavy atom. The van der Waals surface area contributed by atoms with Gasteiger partial charge in [-0.25, -0.2) is 0 Å². The number of rotatable bonds is 49. The second-order valence-electron chi connectivity index (χ2n) is 20.1. The van der Waals surface area contributed by atoms with Gasteiger partial charge in [0.2, 0.25) is 5.91 Å². The van der Waals surface area contributed by atoms with E-state index in [2.05, 4.69) is 67.8 Å². The van der Waals surface area contributed by atoms with E-state index in [1.54, 1.807) is 0 Å². The van der Waals surface area contributed by atoms with Gasteiger partial charge in [-0.3, -0.25) is 4.79 Å². The fraction of sp³-hybridized carbons (Fsp3) is 0.847. The third-order valence-electron chi connectivity index (χ3n) is 13.7. The SMILES string of the molecule is CC/C=C\C/C=C\C/C=C\C/C=C\CCCCCCCCCCCCCCCCCCCCCCC(=O)NC(COC1OC(CO)C(O)C(O)C1O)C(O)CCCCCCCCCCCCCC. The molecule has 6 N–H and O–H groups in total. The van der Waals surface area contributed by atoms with Crippen molar-refractivity contribution in [1.29, 1.82) is 0 Å². The van der Waals surface area contributed by atoms with Gasteiger partial charge in [0, 0.05) is 6.42 Å². The molecule has 0 spiro atoms. The summed E-state index contributed by atoms with van der Waals surface area (Å²) in [6.45, 7) is 3.73. The molecule has 68 heavy (non-hydrogen) atoms. The smallest absolute Gasteiger partial charge is 0.220 e. The summed E-state index contributed by atoms with van der Waals surface area (Å²) in [7, 11) is 0. The molecule has 7 atom stereocenters. The van der Waals surface area contributed by atoms with Crippen molar-refractivity contribution in [1.82, 2.24) is 5.32 Å². The standard InChI is InChI=1S/C59H109NO8/c1-3-5-7-9-11-13-15-17-18-19-20-21-22-23-24-25-26-27-28-29-30-31-32-33-34-35-36-37-39-41-43-45-47-49-55(63)60-52(51-67-59-58(66)57(65)56(64)54(50-61)68-59)53(62)48-46-44-42-40-38-16-14-12-10-8-6-4-2/h5,7,11,13,17-18,20-21,52-54,56-59,61-62,64-66H,3-4,6,8-10,12,14-16,19,22-51H2,1-2H3,(H,60,63)/b7-5-,13-11-,18-17-,21-20-. The fourth-order valence-electron chi connectivity index (χ4n) is 9.15. The van der Waals surface area contributed by atoms with Gasteiger partial charge in [0.05, 0.1) is 25.4 Å². The van der Waals surface area contributed by atoms with Crippen LogP contribution in [0.4, 0.5) is 0 Å². The molecule has 0 bridgehead atoms. The monoisotopic (exact) mass is 960 g/mol. The Kier molecular flexibility index (Phi) is 46.0. The van der Waals surface area contributed by atoms with E-state index in [0.717, 1.165) is 64.2 Å². The molecule has 0 radical (unpaired) electrons. The normalized spacial score (nSPS) is 19.9. The molecule has 398 valence electrons. The summed E-state index contributed by atoms with van der Waals surface area (Å²) in [4.78, 5) is 13.0. The van der Waals surface area contributed by atoms with Crippen LogP contribution in [0, 0.1) is 0 Å². The zero-order valence-corrected chi connectivity index (χ0v) is 44.1. The van der Waals surface area contributed by atoms with E-state index in [9.17, 15) is 30.3 Å². The summed E-state index contributed by atoms with van der Waals surface area (Å²) in [5.74, 6) is -0.142. The van der Waals surface area contributed by atoms with E-state index in [0.29, 0.717) is 12.8 Å². The Hall–Kier alpha value is -1.85. The van der Waals surface area contributed by atoms with Gasteiger partial charge in [0.25, 0.3) is 0 Å². The number of carbonyl (C=O) groups excluding carboxylic acids is 1. The molecular weight excluding hydrogens is 851 g/mol. The van der Waals surface area contributed by atoms with Crippen molar-refractivity contribution in [3.05, 3.63) is 48.6 Å². The number of carbonyl (C=O) groups is 1. The van der Waals surface area contributed by atoms with Crippen LogP contribution in [0.1, 0.15) is 264 Å². The number of hydrogen-bond donors (Lipinski definition) is 6. The van der Waals surface area contributed by atoms with E-state index in [-0.39, 0.29) is 12.5 Å². The van der Waals surface area contributed by atoms with Gasteiger partial charge >= 0.3 is 0 Å². The Bertz CT molecular complexity index is 1210. The first-order chi connectivity index (χ1) is 33.3. The van der Waals surface area contributed by atoms with Crippen LogP contribution in [0.15, 0.2) is 48.6 Å². The van der Waals surface area contributed by atoms with Crippen LogP contribution in [-0.4, -0.2) is 87.5 Å². The van der Waals surface area contributed by atoms with Crippen LogP contribution >= 0.6 is 0 Å². The highest BCUT2D eigenvalue weighted by Crippen LogP contribution is 2.23. The molecule has 1 aliphatic rings. The average Bonchev–Trinajstić information content (AvgIpc) is 3.34. The number of amides is 1. The summed E-state index contributed by atoms with van der Waals surface area (Å²) in [6.07, 6.45) is 57.3. The molecule has 1 aliphatic heterocycles. The lowest BCUT2D eigenvalue weighted by molar-refractivity contribution is -0.302. The van der Waals surface area contributed by atoms with Crippen molar-refractivity contribution >= 4 is 5.91 Å². The maximum atomic E-state index is 13.0. The van der Waals surface area contributed by atoms with Gasteiger partial charge in [-0.1, -0.05) is 255 Å². The average molecular weight is 961 g/mol. The lowest BCUT2D eigenvalue weighted by Crippen LogP contribution is -2.60. The summed E-state index contributed by atoms with van der Waals surface area (Å²) in [5, 5.41) is 54.5. The molecule has 1 heterocycles.